The quantitative estimate of drug-likeness (QED) is 0.366. The molecule has 0 aromatic heterocycles. The van der Waals surface area contributed by atoms with Gasteiger partial charge in [0.1, 0.15) is 10.7 Å². The van der Waals surface area contributed by atoms with Crippen LogP contribution >= 0.6 is 11.6 Å². The van der Waals surface area contributed by atoms with E-state index in [2.05, 4.69) is 5.32 Å². The second-order valence-electron chi connectivity index (χ2n) is 9.81. The summed E-state index contributed by atoms with van der Waals surface area (Å²) in [5.41, 5.74) is 2.97. The third kappa shape index (κ3) is 7.40. The lowest BCUT2D eigenvalue weighted by Gasteiger charge is -2.33. The number of carbonyl (C=O) groups excluding carboxylic acids is 1. The summed E-state index contributed by atoms with van der Waals surface area (Å²) in [5, 5.41) is 3.28. The topological polar surface area (TPSA) is 66.5 Å². The number of hydrogen-bond donors (Lipinski definition) is 1. The molecule has 8 heteroatoms. The van der Waals surface area contributed by atoms with Gasteiger partial charge in [-0.1, -0.05) is 71.8 Å². The van der Waals surface area contributed by atoms with Crippen molar-refractivity contribution in [2.75, 3.05) is 6.54 Å². The van der Waals surface area contributed by atoms with E-state index in [4.69, 9.17) is 11.6 Å². The molecular formula is C29H32ClFN2O3S. The Kier molecular flexibility index (Phi) is 9.00. The summed E-state index contributed by atoms with van der Waals surface area (Å²) in [6.07, 6.45) is 3.45. The number of sulfonamides is 1. The molecule has 0 unspecified atom stereocenters. The van der Waals surface area contributed by atoms with Crippen molar-refractivity contribution in [1.29, 1.82) is 0 Å². The molecule has 0 radical (unpaired) electrons. The fraction of sp³-hybridized carbons (Fsp3) is 0.345. The molecule has 0 saturated heterocycles. The highest BCUT2D eigenvalue weighted by Gasteiger charge is 2.32. The molecule has 1 aliphatic rings. The third-order valence-corrected chi connectivity index (χ3v) is 8.95. The van der Waals surface area contributed by atoms with E-state index in [1.54, 1.807) is 0 Å². The smallest absolute Gasteiger partial charge is 0.246 e. The Morgan fingerprint density at radius 1 is 0.973 bits per heavy atom. The monoisotopic (exact) mass is 542 g/mol. The van der Waals surface area contributed by atoms with Crippen LogP contribution in [0.25, 0.3) is 0 Å². The van der Waals surface area contributed by atoms with Gasteiger partial charge in [0, 0.05) is 24.2 Å². The highest BCUT2D eigenvalue weighted by atomic mass is 35.5. The van der Waals surface area contributed by atoms with Crippen molar-refractivity contribution >= 4 is 27.5 Å². The molecule has 4 rings (SSSR count). The molecule has 0 bridgehead atoms. The zero-order valence-corrected chi connectivity index (χ0v) is 22.4. The number of nitrogens with zero attached hydrogens (tertiary/aromatic N) is 1. The molecule has 0 atom stereocenters. The van der Waals surface area contributed by atoms with Crippen LogP contribution in [0.4, 0.5) is 4.39 Å². The van der Waals surface area contributed by atoms with Crippen LogP contribution < -0.4 is 5.32 Å². The van der Waals surface area contributed by atoms with Gasteiger partial charge in [-0.2, -0.15) is 4.31 Å². The summed E-state index contributed by atoms with van der Waals surface area (Å²) in [5.74, 6) is -0.747. The van der Waals surface area contributed by atoms with E-state index in [1.165, 1.54) is 16.4 Å². The first-order chi connectivity index (χ1) is 17.7. The second-order valence-corrected chi connectivity index (χ2v) is 12.1. The van der Waals surface area contributed by atoms with Crippen molar-refractivity contribution in [2.24, 2.45) is 5.92 Å². The van der Waals surface area contributed by atoms with Gasteiger partial charge < -0.3 is 5.32 Å². The number of rotatable bonds is 9. The average Bonchev–Trinajstić information content (AvgIpc) is 2.86. The largest absolute Gasteiger partial charge is 0.353 e. The molecule has 1 N–H and O–H groups in total. The van der Waals surface area contributed by atoms with Crippen LogP contribution in [0.15, 0.2) is 77.7 Å². The SMILES string of the molecule is Cc1ccc(CC(=O)NC2CCC(CN(Cc3ccccc3)S(=O)(=O)c3ccc(Cl)cc3F)CC2)cc1. The van der Waals surface area contributed by atoms with Crippen molar-refractivity contribution in [1.82, 2.24) is 9.62 Å². The number of nitrogens with one attached hydrogen (secondary N) is 1. The molecule has 3 aromatic rings. The van der Waals surface area contributed by atoms with Gasteiger partial charge >= 0.3 is 0 Å². The molecule has 37 heavy (non-hydrogen) atoms. The Balaban J connectivity index is 1.40. The fourth-order valence-corrected chi connectivity index (χ4v) is 6.51. The molecule has 3 aromatic carbocycles. The predicted molar refractivity (Wildman–Crippen MR) is 144 cm³/mol. The first-order valence-electron chi connectivity index (χ1n) is 12.5. The van der Waals surface area contributed by atoms with Gasteiger partial charge in [-0.3, -0.25) is 4.79 Å². The first-order valence-corrected chi connectivity index (χ1v) is 14.4. The van der Waals surface area contributed by atoms with Gasteiger partial charge in [0.25, 0.3) is 0 Å². The number of aryl methyl sites for hydroxylation is 1. The van der Waals surface area contributed by atoms with Crippen LogP contribution in [0.5, 0.6) is 0 Å². The van der Waals surface area contributed by atoms with E-state index in [1.807, 2.05) is 61.5 Å². The average molecular weight is 543 g/mol. The van der Waals surface area contributed by atoms with Gasteiger partial charge in [-0.15, -0.1) is 0 Å². The molecule has 196 valence electrons. The molecule has 1 fully saturated rings. The van der Waals surface area contributed by atoms with Crippen molar-refractivity contribution in [2.45, 2.75) is 56.5 Å². The highest BCUT2D eigenvalue weighted by molar-refractivity contribution is 7.89. The van der Waals surface area contributed by atoms with Gasteiger partial charge in [-0.05, 0) is 67.9 Å². The summed E-state index contributed by atoms with van der Waals surface area (Å²) in [7, 11) is -4.09. The maximum absolute atomic E-state index is 14.6. The minimum Gasteiger partial charge on any atom is -0.353 e. The van der Waals surface area contributed by atoms with Crippen LogP contribution in [-0.4, -0.2) is 31.2 Å². The molecule has 0 aliphatic heterocycles. The summed E-state index contributed by atoms with van der Waals surface area (Å²) in [6.45, 7) is 2.45. The van der Waals surface area contributed by atoms with E-state index in [0.717, 1.165) is 48.4 Å². The Bertz CT molecular complexity index is 1310. The minimum absolute atomic E-state index is 0.00111. The lowest BCUT2D eigenvalue weighted by Crippen LogP contribution is -2.41. The lowest BCUT2D eigenvalue weighted by atomic mass is 9.86. The van der Waals surface area contributed by atoms with Gasteiger partial charge in [0.05, 0.1) is 6.42 Å². The van der Waals surface area contributed by atoms with Crippen LogP contribution in [-0.2, 0) is 27.8 Å². The van der Waals surface area contributed by atoms with E-state index in [-0.39, 0.29) is 40.9 Å². The molecule has 0 spiro atoms. The van der Waals surface area contributed by atoms with Crippen LogP contribution in [0.2, 0.25) is 5.02 Å². The highest BCUT2D eigenvalue weighted by Crippen LogP contribution is 2.30. The molecular weight excluding hydrogens is 511 g/mol. The zero-order valence-electron chi connectivity index (χ0n) is 20.9. The maximum Gasteiger partial charge on any atom is 0.246 e. The Hall–Kier alpha value is -2.74. The molecule has 1 amide bonds. The number of amides is 1. The van der Waals surface area contributed by atoms with Crippen molar-refractivity contribution in [3.05, 3.63) is 100 Å². The van der Waals surface area contributed by atoms with Gasteiger partial charge in [0.15, 0.2) is 0 Å². The number of benzene rings is 3. The first kappa shape index (κ1) is 27.3. The van der Waals surface area contributed by atoms with Gasteiger partial charge in [-0.25, -0.2) is 12.8 Å². The summed E-state index contributed by atoms with van der Waals surface area (Å²) in [4.78, 5) is 12.2. The molecule has 1 saturated carbocycles. The van der Waals surface area contributed by atoms with Crippen molar-refractivity contribution < 1.29 is 17.6 Å². The predicted octanol–water partition coefficient (Wildman–Crippen LogP) is 5.90. The summed E-state index contributed by atoms with van der Waals surface area (Å²) < 4.78 is 43.1. The maximum atomic E-state index is 14.6. The molecule has 1 aliphatic carbocycles. The number of halogens is 2. The van der Waals surface area contributed by atoms with Gasteiger partial charge in [0.2, 0.25) is 15.9 Å². The zero-order chi connectivity index (χ0) is 26.4. The Labute approximate surface area is 223 Å². The normalized spacial score (nSPS) is 18.1. The summed E-state index contributed by atoms with van der Waals surface area (Å²) in [6, 6.07) is 21.0. The number of hydrogen-bond acceptors (Lipinski definition) is 3. The van der Waals surface area contributed by atoms with E-state index in [9.17, 15) is 17.6 Å². The third-order valence-electron chi connectivity index (χ3n) is 6.87. The van der Waals surface area contributed by atoms with E-state index in [0.29, 0.717) is 6.42 Å². The van der Waals surface area contributed by atoms with E-state index >= 15 is 0 Å². The van der Waals surface area contributed by atoms with E-state index < -0.39 is 15.8 Å². The van der Waals surface area contributed by atoms with Crippen molar-refractivity contribution in [3.63, 3.8) is 0 Å². The fourth-order valence-electron chi connectivity index (χ4n) is 4.81. The minimum atomic E-state index is -4.09. The second kappa shape index (κ2) is 12.2. The standard InChI is InChI=1S/C29H32ClFN2O3S/c1-21-7-9-22(10-8-21)17-29(34)32-26-14-11-24(12-15-26)20-33(19-23-5-3-2-4-6-23)37(35,36)28-16-13-25(30)18-27(28)31/h2-10,13,16,18,24,26H,11-12,14-15,17,19-20H2,1H3,(H,32,34). The number of carbonyl (C=O) groups is 1. The lowest BCUT2D eigenvalue weighted by molar-refractivity contribution is -0.121. The van der Waals surface area contributed by atoms with Crippen LogP contribution in [0.1, 0.15) is 42.4 Å². The van der Waals surface area contributed by atoms with Crippen LogP contribution in [0.3, 0.4) is 0 Å². The molecule has 0 heterocycles. The summed E-state index contributed by atoms with van der Waals surface area (Å²) >= 11 is 5.85. The van der Waals surface area contributed by atoms with Crippen LogP contribution in [0, 0.1) is 18.7 Å². The molecule has 5 nitrogen and oxygen atoms in total. The Morgan fingerprint density at radius 2 is 1.65 bits per heavy atom. The van der Waals surface area contributed by atoms with Crippen molar-refractivity contribution in [3.8, 4) is 0 Å². The Morgan fingerprint density at radius 3 is 2.30 bits per heavy atom.